The zero-order valence-corrected chi connectivity index (χ0v) is 14.7. The third-order valence-electron chi connectivity index (χ3n) is 4.68. The van der Waals surface area contributed by atoms with Crippen molar-refractivity contribution >= 4 is 29.6 Å². The summed E-state index contributed by atoms with van der Waals surface area (Å²) in [7, 11) is 0. The van der Waals surface area contributed by atoms with Gasteiger partial charge in [0.2, 0.25) is 5.91 Å². The number of piperidine rings is 1. The van der Waals surface area contributed by atoms with Crippen molar-refractivity contribution in [1.29, 1.82) is 0 Å². The van der Waals surface area contributed by atoms with E-state index in [1.807, 2.05) is 13.8 Å². The minimum absolute atomic E-state index is 0.0699. The summed E-state index contributed by atoms with van der Waals surface area (Å²) in [4.78, 5) is 38.6. The van der Waals surface area contributed by atoms with E-state index in [4.69, 9.17) is 0 Å². The molecule has 2 aliphatic rings. The van der Waals surface area contributed by atoms with Crippen LogP contribution in [0.4, 0.5) is 4.79 Å². The molecule has 128 valence electrons. The summed E-state index contributed by atoms with van der Waals surface area (Å²) in [5.41, 5.74) is 1.52. The van der Waals surface area contributed by atoms with Crippen LogP contribution >= 0.6 is 11.8 Å². The lowest BCUT2D eigenvalue weighted by atomic mass is 9.88. The molecule has 0 unspecified atom stereocenters. The molecule has 7 heteroatoms. The summed E-state index contributed by atoms with van der Waals surface area (Å²) < 4.78 is 0. The van der Waals surface area contributed by atoms with Crippen LogP contribution in [0.3, 0.4) is 0 Å². The van der Waals surface area contributed by atoms with Gasteiger partial charge in [-0.3, -0.25) is 14.9 Å². The second-order valence-electron chi connectivity index (χ2n) is 6.43. The number of likely N-dealkylation sites (tertiary alicyclic amines) is 1. The topological polar surface area (TPSA) is 78.5 Å². The van der Waals surface area contributed by atoms with E-state index in [9.17, 15) is 14.4 Å². The number of imide groups is 1. The molecule has 2 saturated heterocycles. The third kappa shape index (κ3) is 3.26. The van der Waals surface area contributed by atoms with Crippen LogP contribution in [0.25, 0.3) is 0 Å². The normalized spacial score (nSPS) is 19.3. The fraction of sp³-hybridized carbons (Fsp3) is 0.471. The Hall–Kier alpha value is -2.02. The summed E-state index contributed by atoms with van der Waals surface area (Å²) in [5.74, 6) is 0.181. The van der Waals surface area contributed by atoms with Gasteiger partial charge < -0.3 is 10.2 Å². The lowest BCUT2D eigenvalue weighted by Crippen LogP contribution is -2.56. The predicted molar refractivity (Wildman–Crippen MR) is 91.9 cm³/mol. The molecule has 24 heavy (non-hydrogen) atoms. The standard InChI is InChI=1S/C17H21N3O3S/c1-11-3-4-12(2)13(9-11)24-10-14(21)20-7-5-17(6-8-20)15(22)18-16(23)19-17/h3-4,9H,5-8,10H2,1-2H3,(H2,18,19,22,23). The molecular formula is C17H21N3O3S. The molecule has 2 fully saturated rings. The Morgan fingerprint density at radius 2 is 1.96 bits per heavy atom. The average molecular weight is 347 g/mol. The molecule has 1 spiro atoms. The number of carbonyl (C=O) groups is 3. The molecule has 2 aliphatic heterocycles. The van der Waals surface area contributed by atoms with E-state index in [-0.39, 0.29) is 11.8 Å². The maximum absolute atomic E-state index is 12.4. The summed E-state index contributed by atoms with van der Waals surface area (Å²) in [5, 5.41) is 4.99. The van der Waals surface area contributed by atoms with Crippen molar-refractivity contribution in [1.82, 2.24) is 15.5 Å². The van der Waals surface area contributed by atoms with Crippen LogP contribution in [-0.2, 0) is 9.59 Å². The predicted octanol–water partition coefficient (Wildman–Crippen LogP) is 1.60. The Labute approximate surface area is 145 Å². The van der Waals surface area contributed by atoms with Gasteiger partial charge in [0.1, 0.15) is 5.54 Å². The Kier molecular flexibility index (Phi) is 4.54. The fourth-order valence-corrected chi connectivity index (χ4v) is 4.14. The number of nitrogens with one attached hydrogen (secondary N) is 2. The van der Waals surface area contributed by atoms with Gasteiger partial charge in [-0.15, -0.1) is 11.8 Å². The van der Waals surface area contributed by atoms with Gasteiger partial charge in [0.05, 0.1) is 5.75 Å². The van der Waals surface area contributed by atoms with E-state index in [1.54, 1.807) is 16.7 Å². The number of amides is 4. The molecule has 1 aromatic rings. The van der Waals surface area contributed by atoms with Crippen molar-refractivity contribution in [2.24, 2.45) is 0 Å². The lowest BCUT2D eigenvalue weighted by molar-refractivity contribution is -0.133. The number of nitrogens with zero attached hydrogens (tertiary/aromatic N) is 1. The zero-order valence-electron chi connectivity index (χ0n) is 13.8. The fourth-order valence-electron chi connectivity index (χ4n) is 3.11. The zero-order chi connectivity index (χ0) is 17.3. The van der Waals surface area contributed by atoms with Crippen LogP contribution in [0.5, 0.6) is 0 Å². The number of urea groups is 1. The van der Waals surface area contributed by atoms with Gasteiger partial charge in [-0.2, -0.15) is 0 Å². The van der Waals surface area contributed by atoms with E-state index in [0.717, 1.165) is 4.90 Å². The molecule has 2 heterocycles. The molecule has 0 aliphatic carbocycles. The first-order chi connectivity index (χ1) is 11.4. The number of aryl methyl sites for hydroxylation is 2. The molecule has 0 aromatic heterocycles. The summed E-state index contributed by atoms with van der Waals surface area (Å²) in [6.07, 6.45) is 0.926. The highest BCUT2D eigenvalue weighted by atomic mass is 32.2. The van der Waals surface area contributed by atoms with Crippen LogP contribution in [-0.4, -0.2) is 47.1 Å². The summed E-state index contributed by atoms with van der Waals surface area (Å²) >= 11 is 1.55. The SMILES string of the molecule is Cc1ccc(C)c(SCC(=O)N2CCC3(CC2)NC(=O)NC3=O)c1. The molecule has 4 amide bonds. The maximum atomic E-state index is 12.4. The number of rotatable bonds is 3. The van der Waals surface area contributed by atoms with Crippen LogP contribution in [0, 0.1) is 13.8 Å². The Morgan fingerprint density at radius 3 is 2.58 bits per heavy atom. The third-order valence-corrected chi connectivity index (χ3v) is 5.82. The first-order valence-corrected chi connectivity index (χ1v) is 9.00. The van der Waals surface area contributed by atoms with E-state index >= 15 is 0 Å². The van der Waals surface area contributed by atoms with Crippen LogP contribution in [0.15, 0.2) is 23.1 Å². The Balaban J connectivity index is 1.55. The van der Waals surface area contributed by atoms with Crippen molar-refractivity contribution in [3.63, 3.8) is 0 Å². The average Bonchev–Trinajstić information content (AvgIpc) is 2.82. The van der Waals surface area contributed by atoms with E-state index in [2.05, 4.69) is 28.8 Å². The quantitative estimate of drug-likeness (QED) is 0.643. The van der Waals surface area contributed by atoms with Crippen molar-refractivity contribution in [2.75, 3.05) is 18.8 Å². The highest BCUT2D eigenvalue weighted by molar-refractivity contribution is 8.00. The van der Waals surface area contributed by atoms with E-state index in [0.29, 0.717) is 31.7 Å². The minimum atomic E-state index is -0.825. The van der Waals surface area contributed by atoms with Crippen molar-refractivity contribution in [2.45, 2.75) is 37.1 Å². The van der Waals surface area contributed by atoms with E-state index < -0.39 is 11.6 Å². The maximum Gasteiger partial charge on any atom is 0.322 e. The molecule has 0 saturated carbocycles. The largest absolute Gasteiger partial charge is 0.342 e. The van der Waals surface area contributed by atoms with Gasteiger partial charge in [0, 0.05) is 18.0 Å². The van der Waals surface area contributed by atoms with Crippen molar-refractivity contribution in [3.8, 4) is 0 Å². The first kappa shape index (κ1) is 16.8. The molecule has 6 nitrogen and oxygen atoms in total. The molecular weight excluding hydrogens is 326 g/mol. The molecule has 2 N–H and O–H groups in total. The van der Waals surface area contributed by atoms with Crippen LogP contribution < -0.4 is 10.6 Å². The van der Waals surface area contributed by atoms with Gasteiger partial charge in [-0.1, -0.05) is 17.7 Å². The van der Waals surface area contributed by atoms with Crippen molar-refractivity contribution < 1.29 is 14.4 Å². The van der Waals surface area contributed by atoms with E-state index in [1.165, 1.54) is 11.1 Å². The number of hydrogen-bond donors (Lipinski definition) is 2. The number of hydrogen-bond acceptors (Lipinski definition) is 4. The first-order valence-electron chi connectivity index (χ1n) is 8.01. The molecule has 0 atom stereocenters. The van der Waals surface area contributed by atoms with Crippen molar-refractivity contribution in [3.05, 3.63) is 29.3 Å². The number of carbonyl (C=O) groups excluding carboxylic acids is 3. The van der Waals surface area contributed by atoms with Gasteiger partial charge in [-0.05, 0) is 38.3 Å². The summed E-state index contributed by atoms with van der Waals surface area (Å²) in [6.45, 7) is 5.05. The second-order valence-corrected chi connectivity index (χ2v) is 7.45. The second kappa shape index (κ2) is 6.47. The Morgan fingerprint density at radius 1 is 1.25 bits per heavy atom. The molecule has 0 radical (unpaired) electrons. The molecule has 3 rings (SSSR count). The minimum Gasteiger partial charge on any atom is -0.342 e. The van der Waals surface area contributed by atoms with Gasteiger partial charge >= 0.3 is 6.03 Å². The van der Waals surface area contributed by atoms with Gasteiger partial charge in [0.15, 0.2) is 0 Å². The van der Waals surface area contributed by atoms with Gasteiger partial charge in [0.25, 0.3) is 5.91 Å². The van der Waals surface area contributed by atoms with Crippen LogP contribution in [0.1, 0.15) is 24.0 Å². The highest BCUT2D eigenvalue weighted by Gasteiger charge is 2.48. The number of thioether (sulfide) groups is 1. The smallest absolute Gasteiger partial charge is 0.322 e. The highest BCUT2D eigenvalue weighted by Crippen LogP contribution is 2.27. The number of benzene rings is 1. The summed E-state index contributed by atoms with van der Waals surface area (Å²) in [6, 6.07) is 5.78. The van der Waals surface area contributed by atoms with Crippen LogP contribution in [0.2, 0.25) is 0 Å². The molecule has 1 aromatic carbocycles. The lowest BCUT2D eigenvalue weighted by Gasteiger charge is -2.37. The molecule has 0 bridgehead atoms. The van der Waals surface area contributed by atoms with Gasteiger partial charge in [-0.25, -0.2) is 4.79 Å². The Bertz CT molecular complexity index is 696. The monoisotopic (exact) mass is 347 g/mol.